The standard InChI is InChI=1S/C19H29N3O3S/c1-13-12-17(6-7-18(13)21-19(23)16-4-3-5-16)26(24,25)22-14(2)15-8-10-20-11-9-15/h6-7,12,14-16,20,22H,3-5,8-11H2,1-2H3,(H,21,23). The SMILES string of the molecule is Cc1cc(S(=O)(=O)NC(C)C2CCNCC2)ccc1NC(=O)C1CCC1. The average molecular weight is 380 g/mol. The maximum Gasteiger partial charge on any atom is 0.240 e. The summed E-state index contributed by atoms with van der Waals surface area (Å²) in [7, 11) is -3.57. The number of amides is 1. The van der Waals surface area contributed by atoms with E-state index in [1.165, 1.54) is 0 Å². The minimum Gasteiger partial charge on any atom is -0.326 e. The molecule has 144 valence electrons. The monoisotopic (exact) mass is 379 g/mol. The van der Waals surface area contributed by atoms with Crippen LogP contribution in [0.2, 0.25) is 0 Å². The summed E-state index contributed by atoms with van der Waals surface area (Å²) < 4.78 is 28.3. The fourth-order valence-corrected chi connectivity index (χ4v) is 5.00. The van der Waals surface area contributed by atoms with Crippen molar-refractivity contribution in [2.24, 2.45) is 11.8 Å². The van der Waals surface area contributed by atoms with Gasteiger partial charge in [-0.25, -0.2) is 13.1 Å². The number of sulfonamides is 1. The van der Waals surface area contributed by atoms with Gasteiger partial charge in [-0.2, -0.15) is 0 Å². The Hall–Kier alpha value is -1.44. The van der Waals surface area contributed by atoms with Crippen molar-refractivity contribution >= 4 is 21.6 Å². The zero-order chi connectivity index (χ0) is 18.7. The number of hydrogen-bond acceptors (Lipinski definition) is 4. The molecular weight excluding hydrogens is 350 g/mol. The van der Waals surface area contributed by atoms with Crippen LogP contribution in [0.25, 0.3) is 0 Å². The first-order chi connectivity index (χ1) is 12.4. The van der Waals surface area contributed by atoms with Crippen LogP contribution in [0.3, 0.4) is 0 Å². The minimum absolute atomic E-state index is 0.0348. The van der Waals surface area contributed by atoms with E-state index in [-0.39, 0.29) is 22.8 Å². The van der Waals surface area contributed by atoms with E-state index in [1.54, 1.807) is 18.2 Å². The van der Waals surface area contributed by atoms with Gasteiger partial charge in [-0.1, -0.05) is 6.42 Å². The lowest BCUT2D eigenvalue weighted by molar-refractivity contribution is -0.122. The van der Waals surface area contributed by atoms with Gasteiger partial charge in [0.25, 0.3) is 0 Å². The largest absolute Gasteiger partial charge is 0.326 e. The van der Waals surface area contributed by atoms with Gasteiger partial charge in [-0.05, 0) is 82.3 Å². The summed E-state index contributed by atoms with van der Waals surface area (Å²) in [6.45, 7) is 5.63. The molecule has 1 amide bonds. The number of hydrogen-bond donors (Lipinski definition) is 3. The molecule has 3 N–H and O–H groups in total. The summed E-state index contributed by atoms with van der Waals surface area (Å²) in [4.78, 5) is 12.4. The molecular formula is C19H29N3O3S. The lowest BCUT2D eigenvalue weighted by Crippen LogP contribution is -2.42. The molecule has 0 bridgehead atoms. The first kappa shape index (κ1) is 19.3. The summed E-state index contributed by atoms with van der Waals surface area (Å²) in [6, 6.07) is 4.80. The number of carbonyl (C=O) groups excluding carboxylic acids is 1. The van der Waals surface area contributed by atoms with Crippen molar-refractivity contribution in [2.75, 3.05) is 18.4 Å². The molecule has 1 atom stereocenters. The van der Waals surface area contributed by atoms with Crippen molar-refractivity contribution < 1.29 is 13.2 Å². The molecule has 6 nitrogen and oxygen atoms in total. The van der Waals surface area contributed by atoms with Crippen LogP contribution in [0.4, 0.5) is 5.69 Å². The van der Waals surface area contributed by atoms with Gasteiger partial charge in [0.1, 0.15) is 0 Å². The van der Waals surface area contributed by atoms with E-state index >= 15 is 0 Å². The summed E-state index contributed by atoms with van der Waals surface area (Å²) in [5, 5.41) is 6.22. The first-order valence-electron chi connectivity index (χ1n) is 9.51. The predicted octanol–water partition coefficient (Wildman–Crippen LogP) is 2.40. The van der Waals surface area contributed by atoms with E-state index < -0.39 is 10.0 Å². The Morgan fingerprint density at radius 3 is 2.46 bits per heavy atom. The molecule has 26 heavy (non-hydrogen) atoms. The highest BCUT2D eigenvalue weighted by molar-refractivity contribution is 7.89. The molecule has 1 aromatic rings. The normalized spacial score (nSPS) is 20.4. The number of piperidine rings is 1. The second-order valence-corrected chi connectivity index (χ2v) is 9.31. The molecule has 1 heterocycles. The van der Waals surface area contributed by atoms with Gasteiger partial charge in [-0.15, -0.1) is 0 Å². The van der Waals surface area contributed by atoms with Crippen molar-refractivity contribution in [3.05, 3.63) is 23.8 Å². The van der Waals surface area contributed by atoms with Crippen LogP contribution in [0.15, 0.2) is 23.1 Å². The van der Waals surface area contributed by atoms with Crippen molar-refractivity contribution in [3.63, 3.8) is 0 Å². The molecule has 2 fully saturated rings. The lowest BCUT2D eigenvalue weighted by Gasteiger charge is -2.28. The summed E-state index contributed by atoms with van der Waals surface area (Å²) in [6.07, 6.45) is 4.95. The summed E-state index contributed by atoms with van der Waals surface area (Å²) in [5.74, 6) is 0.492. The van der Waals surface area contributed by atoms with Crippen molar-refractivity contribution in [2.45, 2.75) is 56.9 Å². The first-order valence-corrected chi connectivity index (χ1v) is 11.0. The van der Waals surface area contributed by atoms with Gasteiger partial charge >= 0.3 is 0 Å². The third-order valence-electron chi connectivity index (χ3n) is 5.67. The van der Waals surface area contributed by atoms with Crippen LogP contribution in [-0.2, 0) is 14.8 Å². The van der Waals surface area contributed by atoms with Crippen LogP contribution < -0.4 is 15.4 Å². The maximum atomic E-state index is 12.7. The zero-order valence-corrected chi connectivity index (χ0v) is 16.4. The number of anilines is 1. The van der Waals surface area contributed by atoms with Crippen molar-refractivity contribution in [3.8, 4) is 0 Å². The fraction of sp³-hybridized carbons (Fsp3) is 0.632. The highest BCUT2D eigenvalue weighted by Gasteiger charge is 2.27. The smallest absolute Gasteiger partial charge is 0.240 e. The number of aryl methyl sites for hydroxylation is 1. The van der Waals surface area contributed by atoms with Gasteiger partial charge in [-0.3, -0.25) is 4.79 Å². The Morgan fingerprint density at radius 2 is 1.88 bits per heavy atom. The van der Waals surface area contributed by atoms with E-state index in [0.29, 0.717) is 11.6 Å². The van der Waals surface area contributed by atoms with Crippen molar-refractivity contribution in [1.82, 2.24) is 10.0 Å². The second kappa shape index (κ2) is 8.06. The van der Waals surface area contributed by atoms with Gasteiger partial charge < -0.3 is 10.6 Å². The van der Waals surface area contributed by atoms with E-state index in [9.17, 15) is 13.2 Å². The number of carbonyl (C=O) groups is 1. The second-order valence-electron chi connectivity index (χ2n) is 7.59. The van der Waals surface area contributed by atoms with Crippen LogP contribution >= 0.6 is 0 Å². The molecule has 1 saturated carbocycles. The van der Waals surface area contributed by atoms with E-state index in [2.05, 4.69) is 15.4 Å². The highest BCUT2D eigenvalue weighted by atomic mass is 32.2. The van der Waals surface area contributed by atoms with E-state index in [4.69, 9.17) is 0 Å². The molecule has 1 aliphatic heterocycles. The van der Waals surface area contributed by atoms with E-state index in [1.807, 2.05) is 13.8 Å². The quantitative estimate of drug-likeness (QED) is 0.708. The topological polar surface area (TPSA) is 87.3 Å². The van der Waals surface area contributed by atoms with E-state index in [0.717, 1.165) is 50.8 Å². The molecule has 1 saturated heterocycles. The van der Waals surface area contributed by atoms with Crippen LogP contribution in [-0.4, -0.2) is 33.5 Å². The summed E-state index contributed by atoms with van der Waals surface area (Å²) >= 11 is 0. The van der Waals surface area contributed by atoms with Gasteiger partial charge in [0.15, 0.2) is 0 Å². The van der Waals surface area contributed by atoms with Crippen LogP contribution in [0.1, 0.15) is 44.6 Å². The molecule has 0 radical (unpaired) electrons. The third kappa shape index (κ3) is 4.45. The van der Waals surface area contributed by atoms with Gasteiger partial charge in [0.2, 0.25) is 15.9 Å². The minimum atomic E-state index is -3.57. The Morgan fingerprint density at radius 1 is 1.19 bits per heavy atom. The molecule has 7 heteroatoms. The Balaban J connectivity index is 1.67. The molecule has 0 spiro atoms. The number of nitrogens with one attached hydrogen (secondary N) is 3. The van der Waals surface area contributed by atoms with Crippen molar-refractivity contribution in [1.29, 1.82) is 0 Å². The predicted molar refractivity (Wildman–Crippen MR) is 103 cm³/mol. The molecule has 1 unspecified atom stereocenters. The highest BCUT2D eigenvalue weighted by Crippen LogP contribution is 2.29. The molecule has 1 aliphatic carbocycles. The average Bonchev–Trinajstić information content (AvgIpc) is 2.55. The molecule has 3 rings (SSSR count). The van der Waals surface area contributed by atoms with Crippen LogP contribution in [0, 0.1) is 18.8 Å². The Kier molecular flexibility index (Phi) is 5.99. The van der Waals surface area contributed by atoms with Gasteiger partial charge in [0.05, 0.1) is 4.90 Å². The lowest BCUT2D eigenvalue weighted by atomic mass is 9.85. The molecule has 0 aromatic heterocycles. The maximum absolute atomic E-state index is 12.7. The summed E-state index contributed by atoms with van der Waals surface area (Å²) in [5.41, 5.74) is 1.45. The molecule has 1 aromatic carbocycles. The fourth-order valence-electron chi connectivity index (χ4n) is 3.60. The van der Waals surface area contributed by atoms with Crippen LogP contribution in [0.5, 0.6) is 0 Å². The Bertz CT molecular complexity index is 753. The van der Waals surface area contributed by atoms with Gasteiger partial charge in [0, 0.05) is 17.6 Å². The molecule has 2 aliphatic rings. The zero-order valence-electron chi connectivity index (χ0n) is 15.5. The Labute approximate surface area is 156 Å². The number of benzene rings is 1. The number of rotatable bonds is 6. The third-order valence-corrected chi connectivity index (χ3v) is 7.23.